The molecule has 0 heterocycles. The molecule has 4 atom stereocenters. The van der Waals surface area contributed by atoms with Crippen LogP contribution >= 0.6 is 0 Å². The second-order valence-electron chi connectivity index (χ2n) is 2.63. The molecule has 1 saturated carbocycles. The van der Waals surface area contributed by atoms with Crippen molar-refractivity contribution < 1.29 is 13.2 Å². The number of hydrogen-bond acceptors (Lipinski definition) is 1. The van der Waals surface area contributed by atoms with Gasteiger partial charge in [-0.25, -0.2) is 13.2 Å². The van der Waals surface area contributed by atoms with Crippen LogP contribution in [0.15, 0.2) is 0 Å². The van der Waals surface area contributed by atoms with Gasteiger partial charge in [-0.05, 0) is 12.8 Å². The number of hydrogen-bond donors (Lipinski definition) is 1. The van der Waals surface area contributed by atoms with Gasteiger partial charge in [-0.3, -0.25) is 0 Å². The van der Waals surface area contributed by atoms with E-state index < -0.39 is 24.6 Å². The Kier molecular flexibility index (Phi) is 2.18. The van der Waals surface area contributed by atoms with E-state index in [1.807, 2.05) is 0 Å². The first kappa shape index (κ1) is 7.85. The molecule has 1 aliphatic rings. The van der Waals surface area contributed by atoms with Crippen molar-refractivity contribution in [3.05, 3.63) is 0 Å². The molecule has 0 amide bonds. The lowest BCUT2D eigenvalue weighted by Gasteiger charge is -2.28. The van der Waals surface area contributed by atoms with E-state index in [4.69, 9.17) is 5.73 Å². The predicted molar refractivity (Wildman–Crippen MR) is 31.9 cm³/mol. The highest BCUT2D eigenvalue weighted by Crippen LogP contribution is 2.25. The fourth-order valence-corrected chi connectivity index (χ4v) is 1.11. The Morgan fingerprint density at radius 1 is 1.00 bits per heavy atom. The zero-order chi connectivity index (χ0) is 7.72. The standard InChI is InChI=1S/C6H10F3N/c7-3-1-2-4(8)6(10)5(3)9/h3-6H,1-2,10H2. The summed E-state index contributed by atoms with van der Waals surface area (Å²) in [6.07, 6.45) is -4.76. The summed E-state index contributed by atoms with van der Waals surface area (Å²) >= 11 is 0. The quantitative estimate of drug-likeness (QED) is 0.554. The van der Waals surface area contributed by atoms with Crippen LogP contribution in [0, 0.1) is 0 Å². The van der Waals surface area contributed by atoms with Crippen molar-refractivity contribution in [3.8, 4) is 0 Å². The maximum atomic E-state index is 12.5. The fraction of sp³-hybridized carbons (Fsp3) is 1.00. The minimum absolute atomic E-state index is 0.0444. The molecule has 1 fully saturated rings. The van der Waals surface area contributed by atoms with Crippen molar-refractivity contribution in [1.29, 1.82) is 0 Å². The molecule has 4 unspecified atom stereocenters. The topological polar surface area (TPSA) is 26.0 Å². The molecule has 1 nitrogen and oxygen atoms in total. The summed E-state index contributed by atoms with van der Waals surface area (Å²) in [4.78, 5) is 0. The van der Waals surface area contributed by atoms with E-state index in [0.29, 0.717) is 0 Å². The third-order valence-electron chi connectivity index (χ3n) is 1.85. The number of nitrogens with two attached hydrogens (primary N) is 1. The third-order valence-corrected chi connectivity index (χ3v) is 1.85. The largest absolute Gasteiger partial charge is 0.323 e. The molecular formula is C6H10F3N. The van der Waals surface area contributed by atoms with Crippen LogP contribution in [0.3, 0.4) is 0 Å². The molecule has 0 spiro atoms. The molecule has 1 aliphatic carbocycles. The maximum absolute atomic E-state index is 12.5. The lowest BCUT2D eigenvalue weighted by atomic mass is 9.91. The molecule has 1 rings (SSSR count). The van der Waals surface area contributed by atoms with E-state index in [2.05, 4.69) is 0 Å². The molecule has 0 bridgehead atoms. The van der Waals surface area contributed by atoms with E-state index in [9.17, 15) is 13.2 Å². The summed E-state index contributed by atoms with van der Waals surface area (Å²) in [6.45, 7) is 0. The average molecular weight is 153 g/mol. The first-order chi connectivity index (χ1) is 4.63. The van der Waals surface area contributed by atoms with Crippen LogP contribution in [0.5, 0.6) is 0 Å². The van der Waals surface area contributed by atoms with Crippen molar-refractivity contribution in [1.82, 2.24) is 0 Å². The molecule has 60 valence electrons. The lowest BCUT2D eigenvalue weighted by molar-refractivity contribution is 0.0514. The maximum Gasteiger partial charge on any atom is 0.149 e. The summed E-state index contributed by atoms with van der Waals surface area (Å²) in [5, 5.41) is 0. The van der Waals surface area contributed by atoms with Crippen molar-refractivity contribution >= 4 is 0 Å². The Hall–Kier alpha value is -0.250. The van der Waals surface area contributed by atoms with Crippen LogP contribution in [-0.4, -0.2) is 24.6 Å². The van der Waals surface area contributed by atoms with Crippen LogP contribution in [0.2, 0.25) is 0 Å². The Bertz CT molecular complexity index is 106. The minimum atomic E-state index is -1.82. The molecule has 0 aromatic rings. The molecule has 0 aromatic carbocycles. The van der Waals surface area contributed by atoms with Gasteiger partial charge in [-0.15, -0.1) is 0 Å². The first-order valence-corrected chi connectivity index (χ1v) is 3.30. The molecule has 0 radical (unpaired) electrons. The van der Waals surface area contributed by atoms with Crippen molar-refractivity contribution in [3.63, 3.8) is 0 Å². The molecule has 0 aliphatic heterocycles. The Labute approximate surface area is 57.4 Å². The summed E-state index contributed by atoms with van der Waals surface area (Å²) in [6, 6.07) is -1.26. The SMILES string of the molecule is NC1C(F)CCC(F)C1F. The summed E-state index contributed by atoms with van der Waals surface area (Å²) in [7, 11) is 0. The Morgan fingerprint density at radius 2 is 1.50 bits per heavy atom. The lowest BCUT2D eigenvalue weighted by Crippen LogP contribution is -2.49. The highest BCUT2D eigenvalue weighted by atomic mass is 19.2. The molecule has 0 saturated heterocycles. The van der Waals surface area contributed by atoms with Gasteiger partial charge >= 0.3 is 0 Å². The molecule has 0 aromatic heterocycles. The predicted octanol–water partition coefficient (Wildman–Crippen LogP) is 1.12. The van der Waals surface area contributed by atoms with Crippen molar-refractivity contribution in [2.75, 3.05) is 0 Å². The van der Waals surface area contributed by atoms with Gasteiger partial charge in [0.1, 0.15) is 18.5 Å². The second kappa shape index (κ2) is 2.78. The minimum Gasteiger partial charge on any atom is -0.323 e. The van der Waals surface area contributed by atoms with Gasteiger partial charge in [0, 0.05) is 0 Å². The zero-order valence-electron chi connectivity index (χ0n) is 5.43. The van der Waals surface area contributed by atoms with Crippen LogP contribution in [0.4, 0.5) is 13.2 Å². The van der Waals surface area contributed by atoms with E-state index in [1.165, 1.54) is 0 Å². The average Bonchev–Trinajstić information content (AvgIpc) is 1.93. The van der Waals surface area contributed by atoms with Gasteiger partial charge in [0.2, 0.25) is 0 Å². The summed E-state index contributed by atoms with van der Waals surface area (Å²) in [5.41, 5.74) is 5.02. The van der Waals surface area contributed by atoms with Gasteiger partial charge in [0.25, 0.3) is 0 Å². The fourth-order valence-electron chi connectivity index (χ4n) is 1.11. The Balaban J connectivity index is 2.52. The van der Waals surface area contributed by atoms with E-state index in [0.717, 1.165) is 0 Å². The van der Waals surface area contributed by atoms with Gasteiger partial charge < -0.3 is 5.73 Å². The van der Waals surface area contributed by atoms with E-state index in [-0.39, 0.29) is 12.8 Å². The van der Waals surface area contributed by atoms with E-state index in [1.54, 1.807) is 0 Å². The number of halogens is 3. The molecule has 2 N–H and O–H groups in total. The molecule has 10 heavy (non-hydrogen) atoms. The summed E-state index contributed by atoms with van der Waals surface area (Å²) < 4.78 is 37.3. The van der Waals surface area contributed by atoms with Crippen LogP contribution in [-0.2, 0) is 0 Å². The first-order valence-electron chi connectivity index (χ1n) is 3.30. The van der Waals surface area contributed by atoms with Crippen LogP contribution in [0.25, 0.3) is 0 Å². The van der Waals surface area contributed by atoms with E-state index >= 15 is 0 Å². The van der Waals surface area contributed by atoms with Crippen molar-refractivity contribution in [2.24, 2.45) is 5.73 Å². The van der Waals surface area contributed by atoms with Gasteiger partial charge in [0.15, 0.2) is 0 Å². The molecular weight excluding hydrogens is 143 g/mol. The number of rotatable bonds is 0. The van der Waals surface area contributed by atoms with Crippen LogP contribution < -0.4 is 5.73 Å². The normalized spacial score (nSPS) is 49.2. The highest BCUT2D eigenvalue weighted by Gasteiger charge is 2.37. The van der Waals surface area contributed by atoms with Gasteiger partial charge in [0.05, 0.1) is 6.04 Å². The van der Waals surface area contributed by atoms with Crippen molar-refractivity contribution in [2.45, 2.75) is 37.4 Å². The van der Waals surface area contributed by atoms with Gasteiger partial charge in [-0.1, -0.05) is 0 Å². The van der Waals surface area contributed by atoms with Crippen LogP contribution in [0.1, 0.15) is 12.8 Å². The molecule has 4 heteroatoms. The smallest absolute Gasteiger partial charge is 0.149 e. The third kappa shape index (κ3) is 1.26. The number of alkyl halides is 3. The Morgan fingerprint density at radius 3 is 2.00 bits per heavy atom. The zero-order valence-corrected chi connectivity index (χ0v) is 5.43. The van der Waals surface area contributed by atoms with Gasteiger partial charge in [-0.2, -0.15) is 0 Å². The summed E-state index contributed by atoms with van der Waals surface area (Å²) in [5.74, 6) is 0. The highest BCUT2D eigenvalue weighted by molar-refractivity contribution is 4.90. The second-order valence-corrected chi connectivity index (χ2v) is 2.63. The monoisotopic (exact) mass is 153 g/mol.